The summed E-state index contributed by atoms with van der Waals surface area (Å²) in [7, 11) is 0. The first-order valence-corrected chi connectivity index (χ1v) is 10.8. The van der Waals surface area contributed by atoms with Crippen LogP contribution in [0.15, 0.2) is 36.5 Å². The van der Waals surface area contributed by atoms with E-state index < -0.39 is 6.10 Å². The van der Waals surface area contributed by atoms with Crippen LogP contribution in [0.3, 0.4) is 0 Å². The van der Waals surface area contributed by atoms with E-state index in [0.717, 1.165) is 37.0 Å². The molecule has 1 N–H and O–H groups in total. The van der Waals surface area contributed by atoms with Gasteiger partial charge in [-0.1, -0.05) is 12.1 Å². The van der Waals surface area contributed by atoms with E-state index in [1.807, 2.05) is 19.1 Å². The molecule has 1 aromatic heterocycles. The summed E-state index contributed by atoms with van der Waals surface area (Å²) >= 11 is 0. The van der Waals surface area contributed by atoms with E-state index in [4.69, 9.17) is 4.74 Å². The molecular formula is C24H29N3O3. The number of likely N-dealkylation sites (tertiary alicyclic amines) is 1. The molecule has 2 unspecified atom stereocenters. The zero-order valence-electron chi connectivity index (χ0n) is 17.7. The number of hydrogen-bond acceptors (Lipinski definition) is 4. The van der Waals surface area contributed by atoms with Gasteiger partial charge in [-0.2, -0.15) is 0 Å². The minimum absolute atomic E-state index is 0.0681. The van der Waals surface area contributed by atoms with E-state index in [0.29, 0.717) is 18.9 Å². The zero-order valence-corrected chi connectivity index (χ0v) is 17.7. The molecule has 1 aromatic carbocycles. The van der Waals surface area contributed by atoms with Crippen molar-refractivity contribution >= 4 is 17.6 Å². The summed E-state index contributed by atoms with van der Waals surface area (Å²) in [4.78, 5) is 31.6. The molecule has 6 heteroatoms. The first kappa shape index (κ1) is 20.4. The number of benzene rings is 1. The van der Waals surface area contributed by atoms with E-state index in [1.165, 1.54) is 17.5 Å². The fraction of sp³-hybridized carbons (Fsp3) is 0.458. The predicted molar refractivity (Wildman–Crippen MR) is 115 cm³/mol. The van der Waals surface area contributed by atoms with Crippen LogP contribution in [0.1, 0.15) is 42.9 Å². The molecule has 2 aromatic rings. The fourth-order valence-corrected chi connectivity index (χ4v) is 4.29. The summed E-state index contributed by atoms with van der Waals surface area (Å²) in [5.41, 5.74) is 3.75. The topological polar surface area (TPSA) is 71.5 Å². The van der Waals surface area contributed by atoms with Crippen molar-refractivity contribution in [2.45, 2.75) is 52.1 Å². The minimum atomic E-state index is -0.579. The highest BCUT2D eigenvalue weighted by molar-refractivity contribution is 5.92. The highest BCUT2D eigenvalue weighted by Crippen LogP contribution is 2.27. The number of hydrogen-bond donors (Lipinski definition) is 1. The number of fused-ring (bicyclic) bond motifs is 1. The van der Waals surface area contributed by atoms with Crippen molar-refractivity contribution in [3.05, 3.63) is 53.2 Å². The number of nitrogens with zero attached hydrogens (tertiary/aromatic N) is 2. The molecule has 1 saturated heterocycles. The van der Waals surface area contributed by atoms with E-state index in [-0.39, 0.29) is 17.7 Å². The normalized spacial score (nSPS) is 19.1. The van der Waals surface area contributed by atoms with Gasteiger partial charge in [0.25, 0.3) is 5.91 Å². The van der Waals surface area contributed by atoms with Crippen molar-refractivity contribution in [1.29, 1.82) is 0 Å². The lowest BCUT2D eigenvalue weighted by atomic mass is 9.96. The number of carbonyl (C=O) groups is 2. The first-order valence-electron chi connectivity index (χ1n) is 10.8. The van der Waals surface area contributed by atoms with Crippen molar-refractivity contribution in [2.75, 3.05) is 18.4 Å². The van der Waals surface area contributed by atoms with Gasteiger partial charge in [0.1, 0.15) is 11.6 Å². The lowest BCUT2D eigenvalue weighted by Gasteiger charge is -2.33. The van der Waals surface area contributed by atoms with Crippen molar-refractivity contribution in [1.82, 2.24) is 9.88 Å². The molecule has 158 valence electrons. The van der Waals surface area contributed by atoms with Crippen molar-refractivity contribution in [3.63, 3.8) is 0 Å². The van der Waals surface area contributed by atoms with Crippen LogP contribution < -0.4 is 10.1 Å². The number of nitrogens with one attached hydrogen (secondary N) is 1. The average molecular weight is 408 g/mol. The van der Waals surface area contributed by atoms with Crippen molar-refractivity contribution in [3.8, 4) is 5.75 Å². The molecule has 2 heterocycles. The van der Waals surface area contributed by atoms with Crippen molar-refractivity contribution < 1.29 is 14.3 Å². The third-order valence-corrected chi connectivity index (χ3v) is 6.00. The molecule has 1 aliphatic heterocycles. The highest BCUT2D eigenvalue weighted by atomic mass is 16.5. The second-order valence-electron chi connectivity index (χ2n) is 8.38. The average Bonchev–Trinajstić information content (AvgIpc) is 3.22. The number of anilines is 1. The molecule has 0 saturated carbocycles. The smallest absolute Gasteiger partial charge is 0.263 e. The minimum Gasteiger partial charge on any atom is -0.481 e. The number of amides is 2. The SMILES string of the molecule is Cc1ccc(NC(=O)C2CCCN(C(=O)C(C)Oc3ccc4c(c3)CCC4)C2)nc1. The van der Waals surface area contributed by atoms with Gasteiger partial charge in [-0.25, -0.2) is 4.98 Å². The zero-order chi connectivity index (χ0) is 21.1. The predicted octanol–water partition coefficient (Wildman–Crippen LogP) is 3.52. The molecule has 2 amide bonds. The van der Waals surface area contributed by atoms with Crippen LogP contribution in [0.5, 0.6) is 5.75 Å². The van der Waals surface area contributed by atoms with Crippen LogP contribution in [0.4, 0.5) is 5.82 Å². The van der Waals surface area contributed by atoms with Crippen LogP contribution in [0.2, 0.25) is 0 Å². The number of ether oxygens (including phenoxy) is 1. The van der Waals surface area contributed by atoms with Crippen LogP contribution in [-0.2, 0) is 22.4 Å². The van der Waals surface area contributed by atoms with Gasteiger partial charge in [0.15, 0.2) is 6.10 Å². The molecule has 6 nitrogen and oxygen atoms in total. The molecule has 0 spiro atoms. The van der Waals surface area contributed by atoms with Crippen LogP contribution in [-0.4, -0.2) is 40.9 Å². The summed E-state index contributed by atoms with van der Waals surface area (Å²) in [5.74, 6) is 0.895. The van der Waals surface area contributed by atoms with E-state index in [2.05, 4.69) is 22.4 Å². The number of aromatic nitrogens is 1. The maximum atomic E-state index is 13.0. The second kappa shape index (κ2) is 8.86. The van der Waals surface area contributed by atoms with Gasteiger partial charge < -0.3 is 15.0 Å². The maximum absolute atomic E-state index is 13.0. The van der Waals surface area contributed by atoms with Gasteiger partial charge in [0.2, 0.25) is 5.91 Å². The number of aryl methyl sites for hydroxylation is 3. The number of piperidine rings is 1. The summed E-state index contributed by atoms with van der Waals surface area (Å²) in [5, 5.41) is 2.87. The Kier molecular flexibility index (Phi) is 6.02. The highest BCUT2D eigenvalue weighted by Gasteiger charge is 2.31. The van der Waals surface area contributed by atoms with Gasteiger partial charge in [0.05, 0.1) is 5.92 Å². The van der Waals surface area contributed by atoms with Gasteiger partial charge in [-0.15, -0.1) is 0 Å². The number of pyridine rings is 1. The number of carbonyl (C=O) groups excluding carboxylic acids is 2. The first-order chi connectivity index (χ1) is 14.5. The Morgan fingerprint density at radius 2 is 2.00 bits per heavy atom. The standard InChI is InChI=1S/C24H29N3O3/c1-16-8-11-22(25-14-16)26-23(28)20-7-4-12-27(15-20)24(29)17(2)30-21-10-9-18-5-3-6-19(18)13-21/h8-11,13-14,17,20H,3-7,12,15H2,1-2H3,(H,25,26,28). The molecule has 2 atom stereocenters. The second-order valence-corrected chi connectivity index (χ2v) is 8.38. The molecule has 0 radical (unpaired) electrons. The van der Waals surface area contributed by atoms with Gasteiger partial charge in [-0.05, 0) is 80.8 Å². The quantitative estimate of drug-likeness (QED) is 0.823. The van der Waals surface area contributed by atoms with E-state index in [9.17, 15) is 9.59 Å². The third-order valence-electron chi connectivity index (χ3n) is 6.00. The van der Waals surface area contributed by atoms with Crippen LogP contribution in [0, 0.1) is 12.8 Å². The Morgan fingerprint density at radius 3 is 2.80 bits per heavy atom. The van der Waals surface area contributed by atoms with Crippen LogP contribution in [0.25, 0.3) is 0 Å². The van der Waals surface area contributed by atoms with Crippen molar-refractivity contribution in [2.24, 2.45) is 5.92 Å². The molecule has 0 bridgehead atoms. The van der Waals surface area contributed by atoms with E-state index >= 15 is 0 Å². The Hall–Kier alpha value is -2.89. The lowest BCUT2D eigenvalue weighted by Crippen LogP contribution is -2.48. The Labute approximate surface area is 177 Å². The summed E-state index contributed by atoms with van der Waals surface area (Å²) in [6.45, 7) is 4.81. The van der Waals surface area contributed by atoms with Gasteiger partial charge >= 0.3 is 0 Å². The van der Waals surface area contributed by atoms with Gasteiger partial charge in [-0.3, -0.25) is 9.59 Å². The molecule has 1 aliphatic carbocycles. The third kappa shape index (κ3) is 4.64. The maximum Gasteiger partial charge on any atom is 0.263 e. The lowest BCUT2D eigenvalue weighted by molar-refractivity contribution is -0.140. The Balaban J connectivity index is 1.34. The molecular weight excluding hydrogens is 378 g/mol. The van der Waals surface area contributed by atoms with E-state index in [1.54, 1.807) is 24.1 Å². The summed E-state index contributed by atoms with van der Waals surface area (Å²) in [6.07, 6.45) is 6.10. The summed E-state index contributed by atoms with van der Waals surface area (Å²) in [6, 6.07) is 9.83. The molecule has 2 aliphatic rings. The monoisotopic (exact) mass is 407 g/mol. The summed E-state index contributed by atoms with van der Waals surface area (Å²) < 4.78 is 5.96. The molecule has 4 rings (SSSR count). The molecule has 30 heavy (non-hydrogen) atoms. The Morgan fingerprint density at radius 1 is 1.17 bits per heavy atom. The van der Waals surface area contributed by atoms with Crippen LogP contribution >= 0.6 is 0 Å². The largest absolute Gasteiger partial charge is 0.481 e. The fourth-order valence-electron chi connectivity index (χ4n) is 4.29. The number of rotatable bonds is 5. The Bertz CT molecular complexity index is 926. The van der Waals surface area contributed by atoms with Gasteiger partial charge in [0, 0.05) is 19.3 Å². The molecule has 1 fully saturated rings.